The van der Waals surface area contributed by atoms with E-state index in [1.165, 1.54) is 0 Å². The Bertz CT molecular complexity index is 157. The van der Waals surface area contributed by atoms with Crippen molar-refractivity contribution in [2.45, 2.75) is 52.7 Å². The summed E-state index contributed by atoms with van der Waals surface area (Å²) in [6.45, 7) is 7.92. The summed E-state index contributed by atoms with van der Waals surface area (Å²) in [4.78, 5) is 11.2. The maximum Gasteiger partial charge on any atom is 0.307 e. The van der Waals surface area contributed by atoms with Gasteiger partial charge in [-0.2, -0.15) is 0 Å². The second-order valence-electron chi connectivity index (χ2n) is 3.81. The van der Waals surface area contributed by atoms with Gasteiger partial charge in [-0.15, -0.1) is 0 Å². The van der Waals surface area contributed by atoms with Gasteiger partial charge >= 0.3 is 5.97 Å². The Kier molecular flexibility index (Phi) is 5.71. The largest absolute Gasteiger partial charge is 0.462 e. The van der Waals surface area contributed by atoms with Crippen LogP contribution in [0.2, 0.25) is 0 Å². The molecule has 0 rings (SSSR count). The van der Waals surface area contributed by atoms with Crippen molar-refractivity contribution in [3.63, 3.8) is 0 Å². The highest BCUT2D eigenvalue weighted by Crippen LogP contribution is 2.07. The lowest BCUT2D eigenvalue weighted by Crippen LogP contribution is -2.27. The van der Waals surface area contributed by atoms with Gasteiger partial charge in [-0.25, -0.2) is 0 Å². The van der Waals surface area contributed by atoms with Crippen molar-refractivity contribution < 1.29 is 9.53 Å². The maximum absolute atomic E-state index is 11.2. The van der Waals surface area contributed by atoms with E-state index in [1.807, 2.05) is 27.7 Å². The first-order valence-corrected chi connectivity index (χ1v) is 4.92. The van der Waals surface area contributed by atoms with Crippen LogP contribution in [0.15, 0.2) is 0 Å². The lowest BCUT2D eigenvalue weighted by molar-refractivity contribution is -0.150. The molecule has 0 saturated carbocycles. The highest BCUT2D eigenvalue weighted by atomic mass is 16.5. The van der Waals surface area contributed by atoms with Gasteiger partial charge in [0.15, 0.2) is 0 Å². The van der Waals surface area contributed by atoms with E-state index in [0.717, 1.165) is 6.42 Å². The molecule has 13 heavy (non-hydrogen) atoms. The predicted molar refractivity (Wildman–Crippen MR) is 53.3 cm³/mol. The van der Waals surface area contributed by atoms with Gasteiger partial charge in [-0.1, -0.05) is 20.8 Å². The number of nitrogens with two attached hydrogens (primary N) is 1. The molecule has 0 amide bonds. The first-order valence-electron chi connectivity index (χ1n) is 4.92. The Labute approximate surface area is 80.6 Å². The third-order valence-electron chi connectivity index (χ3n) is 2.21. The molecule has 0 aliphatic heterocycles. The second-order valence-corrected chi connectivity index (χ2v) is 3.81. The number of hydrogen-bond donors (Lipinski definition) is 1. The van der Waals surface area contributed by atoms with E-state index in [2.05, 4.69) is 0 Å². The molecule has 0 aromatic carbocycles. The quantitative estimate of drug-likeness (QED) is 0.666. The average Bonchev–Trinajstić information content (AvgIpc) is 2.03. The van der Waals surface area contributed by atoms with Crippen molar-refractivity contribution in [2.75, 3.05) is 0 Å². The molecule has 78 valence electrons. The summed E-state index contributed by atoms with van der Waals surface area (Å²) >= 11 is 0. The number of carbonyl (C=O) groups excluding carboxylic acids is 1. The average molecular weight is 187 g/mol. The first-order chi connectivity index (χ1) is 5.97. The number of esters is 1. The first kappa shape index (κ1) is 12.4. The van der Waals surface area contributed by atoms with Crippen molar-refractivity contribution >= 4 is 5.97 Å². The van der Waals surface area contributed by atoms with Crippen LogP contribution in [0.3, 0.4) is 0 Å². The minimum absolute atomic E-state index is 0.0171. The number of rotatable bonds is 5. The van der Waals surface area contributed by atoms with Crippen LogP contribution in [-0.2, 0) is 9.53 Å². The molecule has 0 saturated heterocycles. The fraction of sp³-hybridized carbons (Fsp3) is 0.900. The Hall–Kier alpha value is -0.570. The highest BCUT2D eigenvalue weighted by Gasteiger charge is 2.14. The molecule has 0 spiro atoms. The molecule has 0 aliphatic carbocycles. The number of carbonyl (C=O) groups is 1. The van der Waals surface area contributed by atoms with E-state index in [9.17, 15) is 4.79 Å². The SMILES string of the molecule is CCC(N)CC(=O)OC(C)C(C)C. The number of hydrogen-bond acceptors (Lipinski definition) is 3. The van der Waals surface area contributed by atoms with Crippen LogP contribution >= 0.6 is 0 Å². The minimum Gasteiger partial charge on any atom is -0.462 e. The molecule has 0 heterocycles. The van der Waals surface area contributed by atoms with Crippen LogP contribution in [0.1, 0.15) is 40.5 Å². The van der Waals surface area contributed by atoms with E-state index in [-0.39, 0.29) is 18.1 Å². The van der Waals surface area contributed by atoms with E-state index in [1.54, 1.807) is 0 Å². The molecule has 0 aliphatic rings. The van der Waals surface area contributed by atoms with Gasteiger partial charge in [0.2, 0.25) is 0 Å². The monoisotopic (exact) mass is 187 g/mol. The van der Waals surface area contributed by atoms with E-state index >= 15 is 0 Å². The van der Waals surface area contributed by atoms with Crippen LogP contribution in [0.25, 0.3) is 0 Å². The van der Waals surface area contributed by atoms with Gasteiger partial charge < -0.3 is 10.5 Å². The van der Waals surface area contributed by atoms with Crippen LogP contribution in [0.4, 0.5) is 0 Å². The van der Waals surface area contributed by atoms with Crippen molar-refractivity contribution in [1.29, 1.82) is 0 Å². The van der Waals surface area contributed by atoms with Gasteiger partial charge in [0.25, 0.3) is 0 Å². The van der Waals surface area contributed by atoms with Gasteiger partial charge in [0.05, 0.1) is 6.42 Å². The van der Waals surface area contributed by atoms with Gasteiger partial charge in [-0.3, -0.25) is 4.79 Å². The molecular formula is C10H21NO2. The maximum atomic E-state index is 11.2. The number of ether oxygens (including phenoxy) is 1. The smallest absolute Gasteiger partial charge is 0.307 e. The van der Waals surface area contributed by atoms with E-state index < -0.39 is 0 Å². The summed E-state index contributed by atoms with van der Waals surface area (Å²) < 4.78 is 5.17. The molecule has 3 nitrogen and oxygen atoms in total. The summed E-state index contributed by atoms with van der Waals surface area (Å²) in [6.07, 6.45) is 1.12. The van der Waals surface area contributed by atoms with Crippen LogP contribution < -0.4 is 5.73 Å². The van der Waals surface area contributed by atoms with Crippen LogP contribution in [-0.4, -0.2) is 18.1 Å². The molecule has 0 radical (unpaired) electrons. The molecule has 0 bridgehead atoms. The summed E-state index contributed by atoms with van der Waals surface area (Å²) in [5, 5.41) is 0. The van der Waals surface area contributed by atoms with Gasteiger partial charge in [0, 0.05) is 6.04 Å². The Morgan fingerprint density at radius 2 is 1.92 bits per heavy atom. The van der Waals surface area contributed by atoms with Crippen molar-refractivity contribution in [3.05, 3.63) is 0 Å². The Morgan fingerprint density at radius 3 is 2.31 bits per heavy atom. The molecule has 2 N–H and O–H groups in total. The van der Waals surface area contributed by atoms with Gasteiger partial charge in [0.1, 0.15) is 6.10 Å². The zero-order chi connectivity index (χ0) is 10.4. The lowest BCUT2D eigenvalue weighted by atomic mass is 10.1. The summed E-state index contributed by atoms with van der Waals surface area (Å²) in [5.74, 6) is 0.178. The molecule has 2 atom stereocenters. The van der Waals surface area contributed by atoms with E-state index in [4.69, 9.17) is 10.5 Å². The molecule has 2 unspecified atom stereocenters. The summed E-state index contributed by atoms with van der Waals surface area (Å²) in [6, 6.07) is -0.0631. The lowest BCUT2D eigenvalue weighted by Gasteiger charge is -2.17. The molecule has 0 fully saturated rings. The molecule has 3 heteroatoms. The standard InChI is InChI=1S/C10H21NO2/c1-5-9(11)6-10(12)13-8(4)7(2)3/h7-9H,5-6,11H2,1-4H3. The van der Waals surface area contributed by atoms with Crippen LogP contribution in [0.5, 0.6) is 0 Å². The molecule has 0 aromatic heterocycles. The summed E-state index contributed by atoms with van der Waals surface area (Å²) in [5.41, 5.74) is 5.62. The predicted octanol–water partition coefficient (Wildman–Crippen LogP) is 1.70. The van der Waals surface area contributed by atoms with Crippen molar-refractivity contribution in [2.24, 2.45) is 11.7 Å². The molecular weight excluding hydrogens is 166 g/mol. The van der Waals surface area contributed by atoms with E-state index in [0.29, 0.717) is 12.3 Å². The van der Waals surface area contributed by atoms with Crippen molar-refractivity contribution in [1.82, 2.24) is 0 Å². The third-order valence-corrected chi connectivity index (χ3v) is 2.21. The third kappa shape index (κ3) is 5.64. The Balaban J connectivity index is 3.74. The topological polar surface area (TPSA) is 52.3 Å². The normalized spacial score (nSPS) is 15.5. The second kappa shape index (κ2) is 5.97. The Morgan fingerprint density at radius 1 is 1.38 bits per heavy atom. The zero-order valence-corrected chi connectivity index (χ0v) is 9.04. The fourth-order valence-electron chi connectivity index (χ4n) is 0.750. The minimum atomic E-state index is -0.185. The molecule has 0 aromatic rings. The van der Waals surface area contributed by atoms with Crippen LogP contribution in [0, 0.1) is 5.92 Å². The highest BCUT2D eigenvalue weighted by molar-refractivity contribution is 5.70. The zero-order valence-electron chi connectivity index (χ0n) is 9.04. The van der Waals surface area contributed by atoms with Gasteiger partial charge in [-0.05, 0) is 19.3 Å². The van der Waals surface area contributed by atoms with Crippen molar-refractivity contribution in [3.8, 4) is 0 Å². The fourth-order valence-corrected chi connectivity index (χ4v) is 0.750. The summed E-state index contributed by atoms with van der Waals surface area (Å²) in [7, 11) is 0.